The molecule has 2 fully saturated rings. The van der Waals surface area contributed by atoms with Gasteiger partial charge < -0.3 is 0 Å². The Kier molecular flexibility index (Phi) is 6.82. The maximum absolute atomic E-state index is 13.1. The lowest BCUT2D eigenvalue weighted by Gasteiger charge is -2.36. The molecule has 29 heavy (non-hydrogen) atoms. The molecule has 0 atom stereocenters. The molecule has 5 heteroatoms. The first kappa shape index (κ1) is 21.6. The maximum Gasteiger partial charge on any atom is 0.416 e. The van der Waals surface area contributed by atoms with Crippen molar-refractivity contribution in [2.24, 2.45) is 17.8 Å². The lowest BCUT2D eigenvalue weighted by molar-refractivity contribution is -0.137. The van der Waals surface area contributed by atoms with Crippen molar-refractivity contribution in [2.75, 3.05) is 0 Å². The summed E-state index contributed by atoms with van der Waals surface area (Å²) in [5.41, 5.74) is 1.69. The van der Waals surface area contributed by atoms with Crippen molar-refractivity contribution >= 4 is 0 Å². The molecular weight excluding hydrogens is 378 g/mol. The van der Waals surface area contributed by atoms with Gasteiger partial charge in [-0.1, -0.05) is 24.3 Å². The summed E-state index contributed by atoms with van der Waals surface area (Å²) < 4.78 is 51.4. The van der Waals surface area contributed by atoms with Gasteiger partial charge in [0.25, 0.3) is 0 Å². The Morgan fingerprint density at radius 1 is 0.931 bits per heavy atom. The normalized spacial score (nSPS) is 28.6. The molecule has 0 heterocycles. The molecule has 0 saturated heterocycles. The number of hydrogen-bond acceptors (Lipinski definition) is 1. The highest BCUT2D eigenvalue weighted by Gasteiger charge is 2.32. The minimum atomic E-state index is -4.29. The summed E-state index contributed by atoms with van der Waals surface area (Å²) >= 11 is 0. The third kappa shape index (κ3) is 5.50. The van der Waals surface area contributed by atoms with Crippen molar-refractivity contribution in [2.45, 2.75) is 63.5 Å². The Morgan fingerprint density at radius 3 is 1.93 bits per heavy atom. The number of allylic oxidation sites excluding steroid dienone is 3. The molecule has 2 aliphatic carbocycles. The fourth-order valence-electron chi connectivity index (χ4n) is 4.98. The number of alkyl halides is 3. The first-order valence-electron chi connectivity index (χ1n) is 10.4. The number of halogens is 4. The van der Waals surface area contributed by atoms with Gasteiger partial charge in [-0.25, -0.2) is 0 Å². The third-order valence-electron chi connectivity index (χ3n) is 6.75. The van der Waals surface area contributed by atoms with Crippen LogP contribution >= 0.6 is 0 Å². The van der Waals surface area contributed by atoms with Gasteiger partial charge in [-0.05, 0) is 98.8 Å². The van der Waals surface area contributed by atoms with Crippen LogP contribution in [0.25, 0.3) is 0 Å². The summed E-state index contributed by atoms with van der Waals surface area (Å²) in [4.78, 5) is 0. The van der Waals surface area contributed by atoms with Gasteiger partial charge in [0.05, 0.1) is 5.56 Å². The average molecular weight is 405 g/mol. The molecule has 0 bridgehead atoms. The highest BCUT2D eigenvalue weighted by atomic mass is 19.4. The lowest BCUT2D eigenvalue weighted by atomic mass is 9.70. The Morgan fingerprint density at radius 2 is 1.45 bits per heavy atom. The SMILES string of the molecule is C=C(C1CCC(/C=C(\F)C#N)CC1)C1CCC(c2ccc(C(F)(F)F)cc2)CC1. The van der Waals surface area contributed by atoms with Crippen molar-refractivity contribution in [1.82, 2.24) is 0 Å². The van der Waals surface area contributed by atoms with Crippen LogP contribution in [-0.2, 0) is 6.18 Å². The smallest absolute Gasteiger partial charge is 0.195 e. The Hall–Kier alpha value is -2.09. The van der Waals surface area contributed by atoms with Crippen LogP contribution in [0.15, 0.2) is 48.3 Å². The average Bonchev–Trinajstić information content (AvgIpc) is 2.73. The number of benzene rings is 1. The molecule has 1 aromatic rings. The first-order chi connectivity index (χ1) is 13.8. The molecule has 1 nitrogen and oxygen atoms in total. The van der Waals surface area contributed by atoms with Crippen molar-refractivity contribution in [3.8, 4) is 6.07 Å². The van der Waals surface area contributed by atoms with E-state index in [9.17, 15) is 17.6 Å². The van der Waals surface area contributed by atoms with Crippen molar-refractivity contribution in [1.29, 1.82) is 5.26 Å². The highest BCUT2D eigenvalue weighted by Crippen LogP contribution is 2.44. The molecule has 156 valence electrons. The molecule has 1 aromatic carbocycles. The zero-order valence-electron chi connectivity index (χ0n) is 16.5. The minimum absolute atomic E-state index is 0.147. The molecule has 2 saturated carbocycles. The molecule has 0 radical (unpaired) electrons. The number of nitriles is 1. The molecule has 0 amide bonds. The van der Waals surface area contributed by atoms with Gasteiger partial charge in [0.15, 0.2) is 5.83 Å². The zero-order valence-corrected chi connectivity index (χ0v) is 16.5. The van der Waals surface area contributed by atoms with E-state index in [2.05, 4.69) is 6.58 Å². The van der Waals surface area contributed by atoms with Gasteiger partial charge in [-0.3, -0.25) is 0 Å². The molecule has 0 N–H and O–H groups in total. The summed E-state index contributed by atoms with van der Waals surface area (Å²) in [5, 5.41) is 8.57. The monoisotopic (exact) mass is 405 g/mol. The van der Waals surface area contributed by atoms with Crippen LogP contribution in [0.4, 0.5) is 17.6 Å². The summed E-state index contributed by atoms with van der Waals surface area (Å²) in [5.74, 6) is 0.699. The molecule has 0 spiro atoms. The van der Waals surface area contributed by atoms with Crippen LogP contribution in [0.1, 0.15) is 68.4 Å². The van der Waals surface area contributed by atoms with Gasteiger partial charge >= 0.3 is 6.18 Å². The van der Waals surface area contributed by atoms with E-state index in [4.69, 9.17) is 5.26 Å². The summed E-state index contributed by atoms with van der Waals surface area (Å²) in [6.07, 6.45) is 4.90. The topological polar surface area (TPSA) is 23.8 Å². The van der Waals surface area contributed by atoms with Crippen LogP contribution in [-0.4, -0.2) is 0 Å². The van der Waals surface area contributed by atoms with Crippen LogP contribution in [0.2, 0.25) is 0 Å². The quantitative estimate of drug-likeness (QED) is 0.286. The second-order valence-electron chi connectivity index (χ2n) is 8.48. The second kappa shape index (κ2) is 9.15. The third-order valence-corrected chi connectivity index (χ3v) is 6.75. The van der Waals surface area contributed by atoms with E-state index in [0.29, 0.717) is 17.8 Å². The lowest BCUT2D eigenvalue weighted by Crippen LogP contribution is -2.22. The number of hydrogen-bond donors (Lipinski definition) is 0. The van der Waals surface area contributed by atoms with E-state index in [1.807, 2.05) is 0 Å². The number of nitrogens with zero attached hydrogens (tertiary/aromatic N) is 1. The van der Waals surface area contributed by atoms with Crippen molar-refractivity contribution < 1.29 is 17.6 Å². The molecule has 0 aliphatic heterocycles. The van der Waals surface area contributed by atoms with Gasteiger partial charge in [0.2, 0.25) is 0 Å². The van der Waals surface area contributed by atoms with Crippen molar-refractivity contribution in [3.63, 3.8) is 0 Å². The summed E-state index contributed by atoms with van der Waals surface area (Å²) in [6, 6.07) is 7.16. The molecule has 2 aliphatic rings. The van der Waals surface area contributed by atoms with Gasteiger partial charge in [0, 0.05) is 0 Å². The van der Waals surface area contributed by atoms with E-state index < -0.39 is 17.6 Å². The molecular formula is C24H27F4N. The van der Waals surface area contributed by atoms with Gasteiger partial charge in [0.1, 0.15) is 6.07 Å². The van der Waals surface area contributed by atoms with Crippen LogP contribution in [0.5, 0.6) is 0 Å². The predicted octanol–water partition coefficient (Wildman–Crippen LogP) is 7.72. The van der Waals surface area contributed by atoms with Gasteiger partial charge in [-0.2, -0.15) is 22.8 Å². The van der Waals surface area contributed by atoms with E-state index in [0.717, 1.165) is 56.9 Å². The van der Waals surface area contributed by atoms with Gasteiger partial charge in [-0.15, -0.1) is 0 Å². The van der Waals surface area contributed by atoms with E-state index >= 15 is 0 Å². The standard InChI is InChI=1S/C24H27F4N/c1-16(18-4-2-17(3-5-18)14-23(25)15-29)19-6-8-20(9-7-19)21-10-12-22(13-11-21)24(26,27)28/h10-14,17-20H,1-9H2/b23-14-. The van der Waals surface area contributed by atoms with Crippen LogP contribution in [0.3, 0.4) is 0 Å². The zero-order chi connectivity index (χ0) is 21.0. The fourth-order valence-corrected chi connectivity index (χ4v) is 4.98. The minimum Gasteiger partial charge on any atom is -0.195 e. The Labute approximate surface area is 170 Å². The molecule has 0 aromatic heterocycles. The Bertz CT molecular complexity index is 769. The van der Waals surface area contributed by atoms with E-state index in [1.54, 1.807) is 18.2 Å². The largest absolute Gasteiger partial charge is 0.416 e. The number of rotatable bonds is 4. The van der Waals surface area contributed by atoms with Crippen LogP contribution < -0.4 is 0 Å². The van der Waals surface area contributed by atoms with Crippen LogP contribution in [0, 0.1) is 29.1 Å². The summed E-state index contributed by atoms with van der Waals surface area (Å²) in [6.45, 7) is 4.37. The Balaban J connectivity index is 1.49. The summed E-state index contributed by atoms with van der Waals surface area (Å²) in [7, 11) is 0. The second-order valence-corrected chi connectivity index (χ2v) is 8.48. The first-order valence-corrected chi connectivity index (χ1v) is 10.4. The fraction of sp³-hybridized carbons (Fsp3) is 0.542. The molecule has 3 rings (SSSR count). The van der Waals surface area contributed by atoms with Crippen molar-refractivity contribution in [3.05, 3.63) is 59.4 Å². The highest BCUT2D eigenvalue weighted by molar-refractivity contribution is 5.28. The van der Waals surface area contributed by atoms with E-state index in [-0.39, 0.29) is 5.92 Å². The van der Waals surface area contributed by atoms with E-state index in [1.165, 1.54) is 23.8 Å². The molecule has 0 unspecified atom stereocenters. The maximum atomic E-state index is 13.1. The predicted molar refractivity (Wildman–Crippen MR) is 106 cm³/mol.